The number of aliphatic carboxylic acids is 1. The zero-order chi connectivity index (χ0) is 14.0. The molecule has 1 N–H and O–H groups in total. The molecular formula is C11H7F3N2O3. The summed E-state index contributed by atoms with van der Waals surface area (Å²) in [4.78, 5) is 14.1. The molecule has 0 unspecified atom stereocenters. The van der Waals surface area contributed by atoms with Crippen LogP contribution in [0.25, 0.3) is 11.5 Å². The smallest absolute Gasteiger partial charge is 0.417 e. The standard InChI is InChI=1S/C11H7F3N2O3/c12-11(13,14)7-4-2-1-3-6(7)10-15-8(16-19-10)5-9(17)18/h1-4H,5H2,(H,17,18). The van der Waals surface area contributed by atoms with Gasteiger partial charge in [0.25, 0.3) is 5.89 Å². The van der Waals surface area contributed by atoms with E-state index in [9.17, 15) is 18.0 Å². The van der Waals surface area contributed by atoms with Gasteiger partial charge in [-0.2, -0.15) is 18.2 Å². The molecule has 0 radical (unpaired) electrons. The first kappa shape index (κ1) is 13.1. The number of aromatic nitrogens is 2. The van der Waals surface area contributed by atoms with Gasteiger partial charge in [-0.05, 0) is 12.1 Å². The number of hydrogen-bond donors (Lipinski definition) is 1. The Bertz CT molecular complexity index is 607. The van der Waals surface area contributed by atoms with Crippen molar-refractivity contribution in [3.63, 3.8) is 0 Å². The minimum Gasteiger partial charge on any atom is -0.481 e. The third-order valence-electron chi connectivity index (χ3n) is 2.24. The molecule has 1 aromatic heterocycles. The van der Waals surface area contributed by atoms with E-state index in [-0.39, 0.29) is 17.3 Å². The first-order valence-electron chi connectivity index (χ1n) is 5.09. The van der Waals surface area contributed by atoms with Crippen molar-refractivity contribution in [1.82, 2.24) is 10.1 Å². The molecule has 0 aliphatic carbocycles. The maximum absolute atomic E-state index is 12.8. The van der Waals surface area contributed by atoms with Crippen molar-refractivity contribution in [2.24, 2.45) is 0 Å². The van der Waals surface area contributed by atoms with Gasteiger partial charge < -0.3 is 9.63 Å². The van der Waals surface area contributed by atoms with Crippen molar-refractivity contribution in [3.8, 4) is 11.5 Å². The van der Waals surface area contributed by atoms with E-state index < -0.39 is 24.1 Å². The lowest BCUT2D eigenvalue weighted by atomic mass is 10.1. The number of rotatable bonds is 3. The zero-order valence-electron chi connectivity index (χ0n) is 9.31. The topological polar surface area (TPSA) is 76.2 Å². The minimum absolute atomic E-state index is 0.181. The second kappa shape index (κ2) is 4.71. The van der Waals surface area contributed by atoms with Crippen LogP contribution in [-0.2, 0) is 17.4 Å². The molecule has 0 saturated heterocycles. The molecule has 2 aromatic rings. The van der Waals surface area contributed by atoms with Crippen LogP contribution in [-0.4, -0.2) is 21.2 Å². The van der Waals surface area contributed by atoms with Gasteiger partial charge in [0.15, 0.2) is 5.82 Å². The summed E-state index contributed by atoms with van der Waals surface area (Å²) in [6.45, 7) is 0. The third-order valence-corrected chi connectivity index (χ3v) is 2.24. The van der Waals surface area contributed by atoms with Crippen molar-refractivity contribution < 1.29 is 27.6 Å². The summed E-state index contributed by atoms with van der Waals surface area (Å²) in [5, 5.41) is 11.9. The summed E-state index contributed by atoms with van der Waals surface area (Å²) in [6.07, 6.45) is -5.07. The van der Waals surface area contributed by atoms with E-state index in [0.717, 1.165) is 6.07 Å². The van der Waals surface area contributed by atoms with E-state index in [4.69, 9.17) is 5.11 Å². The van der Waals surface area contributed by atoms with Crippen LogP contribution in [0.4, 0.5) is 13.2 Å². The Hall–Kier alpha value is -2.38. The number of benzene rings is 1. The van der Waals surface area contributed by atoms with E-state index >= 15 is 0 Å². The lowest BCUT2D eigenvalue weighted by molar-refractivity contribution is -0.137. The minimum atomic E-state index is -4.56. The first-order valence-corrected chi connectivity index (χ1v) is 5.09. The first-order chi connectivity index (χ1) is 8.88. The Morgan fingerprint density at radius 3 is 2.63 bits per heavy atom. The van der Waals surface area contributed by atoms with Crippen LogP contribution in [0.15, 0.2) is 28.8 Å². The third kappa shape index (κ3) is 2.90. The normalized spacial score (nSPS) is 11.5. The molecule has 5 nitrogen and oxygen atoms in total. The van der Waals surface area contributed by atoms with Crippen molar-refractivity contribution in [1.29, 1.82) is 0 Å². The quantitative estimate of drug-likeness (QED) is 0.928. The van der Waals surface area contributed by atoms with Gasteiger partial charge in [0.2, 0.25) is 0 Å². The SMILES string of the molecule is O=C(O)Cc1noc(-c2ccccc2C(F)(F)F)n1. The van der Waals surface area contributed by atoms with Gasteiger partial charge in [-0.3, -0.25) is 4.79 Å². The molecular weight excluding hydrogens is 265 g/mol. The number of carboxylic acids is 1. The fourth-order valence-electron chi connectivity index (χ4n) is 1.49. The Balaban J connectivity index is 2.42. The molecule has 0 amide bonds. The number of carboxylic acid groups (broad SMARTS) is 1. The monoisotopic (exact) mass is 272 g/mol. The summed E-state index contributed by atoms with van der Waals surface area (Å²) in [5.41, 5.74) is -1.19. The molecule has 100 valence electrons. The lowest BCUT2D eigenvalue weighted by Crippen LogP contribution is -2.07. The number of halogens is 3. The predicted molar refractivity (Wildman–Crippen MR) is 56.1 cm³/mol. The molecule has 0 spiro atoms. The van der Waals surface area contributed by atoms with Crippen LogP contribution in [0.3, 0.4) is 0 Å². The van der Waals surface area contributed by atoms with E-state index in [0.29, 0.717) is 0 Å². The molecule has 1 aromatic carbocycles. The predicted octanol–water partition coefficient (Wildman–Crippen LogP) is 2.38. The zero-order valence-corrected chi connectivity index (χ0v) is 9.31. The molecule has 0 aliphatic rings. The van der Waals surface area contributed by atoms with Crippen LogP contribution in [0, 0.1) is 0 Å². The number of carbonyl (C=O) groups is 1. The van der Waals surface area contributed by atoms with Gasteiger partial charge in [0, 0.05) is 0 Å². The fraction of sp³-hybridized carbons (Fsp3) is 0.182. The Labute approximate surface area is 104 Å². The van der Waals surface area contributed by atoms with Crippen molar-refractivity contribution in [2.75, 3.05) is 0 Å². The fourth-order valence-corrected chi connectivity index (χ4v) is 1.49. The van der Waals surface area contributed by atoms with Crippen LogP contribution in [0.5, 0.6) is 0 Å². The van der Waals surface area contributed by atoms with E-state index in [2.05, 4.69) is 14.7 Å². The van der Waals surface area contributed by atoms with Gasteiger partial charge >= 0.3 is 12.1 Å². The van der Waals surface area contributed by atoms with Crippen LogP contribution in [0.1, 0.15) is 11.4 Å². The average Bonchev–Trinajstić information content (AvgIpc) is 2.75. The van der Waals surface area contributed by atoms with Gasteiger partial charge in [0.05, 0.1) is 11.1 Å². The molecule has 19 heavy (non-hydrogen) atoms. The average molecular weight is 272 g/mol. The van der Waals surface area contributed by atoms with E-state index in [1.54, 1.807) is 0 Å². The highest BCUT2D eigenvalue weighted by Crippen LogP contribution is 2.36. The van der Waals surface area contributed by atoms with Crippen LogP contribution < -0.4 is 0 Å². The Morgan fingerprint density at radius 1 is 1.32 bits per heavy atom. The number of hydrogen-bond acceptors (Lipinski definition) is 4. The van der Waals surface area contributed by atoms with Crippen LogP contribution >= 0.6 is 0 Å². The van der Waals surface area contributed by atoms with Crippen molar-refractivity contribution in [3.05, 3.63) is 35.7 Å². The van der Waals surface area contributed by atoms with Gasteiger partial charge in [-0.25, -0.2) is 0 Å². The second-order valence-corrected chi connectivity index (χ2v) is 3.63. The highest BCUT2D eigenvalue weighted by atomic mass is 19.4. The molecule has 0 saturated carbocycles. The van der Waals surface area contributed by atoms with Gasteiger partial charge in [0.1, 0.15) is 6.42 Å². The number of nitrogens with zero attached hydrogens (tertiary/aromatic N) is 2. The molecule has 8 heteroatoms. The largest absolute Gasteiger partial charge is 0.481 e. The van der Waals surface area contributed by atoms with Crippen LogP contribution in [0.2, 0.25) is 0 Å². The summed E-state index contributed by atoms with van der Waals surface area (Å²) in [6, 6.07) is 4.70. The summed E-state index contributed by atoms with van der Waals surface area (Å²) in [7, 11) is 0. The Morgan fingerprint density at radius 2 is 2.00 bits per heavy atom. The number of alkyl halides is 3. The molecule has 0 atom stereocenters. The summed E-state index contributed by atoms with van der Waals surface area (Å²) < 4.78 is 43.0. The maximum atomic E-state index is 12.8. The molecule has 1 heterocycles. The summed E-state index contributed by atoms with van der Waals surface area (Å²) in [5.74, 6) is -1.74. The molecule has 0 fully saturated rings. The van der Waals surface area contributed by atoms with E-state index in [1.807, 2.05) is 0 Å². The molecule has 2 rings (SSSR count). The lowest BCUT2D eigenvalue weighted by Gasteiger charge is -2.09. The van der Waals surface area contributed by atoms with Crippen molar-refractivity contribution in [2.45, 2.75) is 12.6 Å². The second-order valence-electron chi connectivity index (χ2n) is 3.63. The Kier molecular flexibility index (Phi) is 3.24. The summed E-state index contributed by atoms with van der Waals surface area (Å²) >= 11 is 0. The molecule has 0 aliphatic heterocycles. The molecule has 0 bridgehead atoms. The van der Waals surface area contributed by atoms with E-state index in [1.165, 1.54) is 18.2 Å². The van der Waals surface area contributed by atoms with Gasteiger partial charge in [-0.15, -0.1) is 0 Å². The van der Waals surface area contributed by atoms with Crippen molar-refractivity contribution >= 4 is 5.97 Å². The maximum Gasteiger partial charge on any atom is 0.417 e. The highest BCUT2D eigenvalue weighted by Gasteiger charge is 2.34. The van der Waals surface area contributed by atoms with Gasteiger partial charge in [-0.1, -0.05) is 17.3 Å². The highest BCUT2D eigenvalue weighted by molar-refractivity contribution is 5.69.